The Morgan fingerprint density at radius 2 is 2.00 bits per heavy atom. The first-order chi connectivity index (χ1) is 9.42. The highest BCUT2D eigenvalue weighted by molar-refractivity contribution is 9.10. The van der Waals surface area contributed by atoms with Gasteiger partial charge in [-0.3, -0.25) is 0 Å². The molecule has 0 bridgehead atoms. The average Bonchev–Trinajstić information content (AvgIpc) is 2.74. The Labute approximate surface area is 128 Å². The van der Waals surface area contributed by atoms with Gasteiger partial charge in [0.2, 0.25) is 10.0 Å². The maximum absolute atomic E-state index is 12.4. The molecule has 1 aromatic heterocycles. The molecule has 7 heteroatoms. The van der Waals surface area contributed by atoms with E-state index in [0.29, 0.717) is 18.2 Å². The van der Waals surface area contributed by atoms with Crippen LogP contribution in [-0.4, -0.2) is 21.5 Å². The summed E-state index contributed by atoms with van der Waals surface area (Å²) in [5, 5.41) is 2.93. The molecule has 2 rings (SSSR count). The predicted molar refractivity (Wildman–Crippen MR) is 80.9 cm³/mol. The molecule has 0 saturated heterocycles. The highest BCUT2D eigenvalue weighted by Gasteiger charge is 2.27. The van der Waals surface area contributed by atoms with Crippen molar-refractivity contribution >= 4 is 26.0 Å². The molecule has 1 aliphatic rings. The molecule has 2 N–H and O–H groups in total. The number of hydrogen-bond acceptors (Lipinski definition) is 4. The van der Waals surface area contributed by atoms with Crippen molar-refractivity contribution in [3.05, 3.63) is 16.5 Å². The molecule has 20 heavy (non-hydrogen) atoms. The third-order valence-corrected chi connectivity index (χ3v) is 6.06. The zero-order valence-electron chi connectivity index (χ0n) is 11.8. The van der Waals surface area contributed by atoms with Crippen LogP contribution in [0.15, 0.2) is 20.0 Å². The molecule has 1 heterocycles. The van der Waals surface area contributed by atoms with Crippen molar-refractivity contribution in [1.29, 1.82) is 0 Å². The van der Waals surface area contributed by atoms with Gasteiger partial charge >= 0.3 is 0 Å². The van der Waals surface area contributed by atoms with E-state index in [-0.39, 0.29) is 15.6 Å². The molecular weight excluding hydrogens is 344 g/mol. The maximum atomic E-state index is 12.4. The summed E-state index contributed by atoms with van der Waals surface area (Å²) in [7, 11) is -1.74. The third kappa shape index (κ3) is 3.84. The van der Waals surface area contributed by atoms with Crippen LogP contribution in [0.3, 0.4) is 0 Å². The summed E-state index contributed by atoms with van der Waals surface area (Å²) in [5.41, 5.74) is 0. The Morgan fingerprint density at radius 3 is 2.60 bits per heavy atom. The van der Waals surface area contributed by atoms with Crippen molar-refractivity contribution in [2.45, 2.75) is 50.1 Å². The Hall–Kier alpha value is -0.370. The fourth-order valence-electron chi connectivity index (χ4n) is 2.50. The normalized spacial score (nSPS) is 23.9. The van der Waals surface area contributed by atoms with Gasteiger partial charge in [-0.25, -0.2) is 13.1 Å². The zero-order chi connectivity index (χ0) is 14.8. The Bertz CT molecular complexity index is 548. The minimum atomic E-state index is -3.52. The zero-order valence-corrected chi connectivity index (χ0v) is 14.2. The van der Waals surface area contributed by atoms with Crippen molar-refractivity contribution < 1.29 is 12.8 Å². The second-order valence-electron chi connectivity index (χ2n) is 5.46. The first kappa shape index (κ1) is 16.0. The van der Waals surface area contributed by atoms with E-state index < -0.39 is 10.0 Å². The molecule has 0 spiro atoms. The number of rotatable bonds is 5. The van der Waals surface area contributed by atoms with Gasteiger partial charge in [-0.15, -0.1) is 0 Å². The molecule has 114 valence electrons. The highest BCUT2D eigenvalue weighted by Crippen LogP contribution is 2.28. The van der Waals surface area contributed by atoms with Gasteiger partial charge in [-0.1, -0.05) is 6.92 Å². The van der Waals surface area contributed by atoms with Crippen molar-refractivity contribution in [2.75, 3.05) is 7.05 Å². The fourth-order valence-corrected chi connectivity index (χ4v) is 4.81. The standard InChI is InChI=1S/C13H21BrN2O3S/c1-9-3-5-10(6-4-9)16-20(17,18)12-7-11(8-15-2)19-13(12)14/h7,9-10,15-16H,3-6,8H2,1-2H3. The van der Waals surface area contributed by atoms with Crippen LogP contribution in [0.25, 0.3) is 0 Å². The van der Waals surface area contributed by atoms with Crippen LogP contribution >= 0.6 is 15.9 Å². The van der Waals surface area contributed by atoms with Gasteiger partial charge in [0.1, 0.15) is 10.7 Å². The number of sulfonamides is 1. The minimum Gasteiger partial charge on any atom is -0.452 e. The van der Waals surface area contributed by atoms with E-state index in [1.54, 1.807) is 13.1 Å². The van der Waals surface area contributed by atoms with E-state index in [1.807, 2.05) is 0 Å². The Balaban J connectivity index is 2.10. The van der Waals surface area contributed by atoms with E-state index in [1.165, 1.54) is 0 Å². The molecule has 1 fully saturated rings. The van der Waals surface area contributed by atoms with Crippen LogP contribution in [-0.2, 0) is 16.6 Å². The summed E-state index contributed by atoms with van der Waals surface area (Å²) in [5.74, 6) is 1.29. The summed E-state index contributed by atoms with van der Waals surface area (Å²) in [6.07, 6.45) is 3.95. The van der Waals surface area contributed by atoms with Gasteiger partial charge in [0, 0.05) is 12.1 Å². The fraction of sp³-hybridized carbons (Fsp3) is 0.692. The van der Waals surface area contributed by atoms with E-state index in [4.69, 9.17) is 4.42 Å². The number of halogens is 1. The second-order valence-corrected chi connectivity index (χ2v) is 7.86. The molecule has 0 amide bonds. The monoisotopic (exact) mass is 364 g/mol. The Kier molecular flexibility index (Phi) is 5.28. The van der Waals surface area contributed by atoms with Gasteiger partial charge in [0.15, 0.2) is 4.67 Å². The van der Waals surface area contributed by atoms with E-state index >= 15 is 0 Å². The molecular formula is C13H21BrN2O3S. The van der Waals surface area contributed by atoms with E-state index in [0.717, 1.165) is 25.7 Å². The van der Waals surface area contributed by atoms with E-state index in [2.05, 4.69) is 32.9 Å². The molecule has 0 radical (unpaired) electrons. The second kappa shape index (κ2) is 6.60. The summed E-state index contributed by atoms with van der Waals surface area (Å²) in [4.78, 5) is 0.182. The number of nitrogens with one attached hydrogen (secondary N) is 2. The quantitative estimate of drug-likeness (QED) is 0.842. The highest BCUT2D eigenvalue weighted by atomic mass is 79.9. The smallest absolute Gasteiger partial charge is 0.245 e. The molecule has 5 nitrogen and oxygen atoms in total. The van der Waals surface area contributed by atoms with Crippen molar-refractivity contribution in [2.24, 2.45) is 5.92 Å². The summed E-state index contributed by atoms with van der Waals surface area (Å²) < 4.78 is 33.2. The third-order valence-electron chi connectivity index (χ3n) is 3.68. The largest absolute Gasteiger partial charge is 0.452 e. The van der Waals surface area contributed by atoms with Crippen LogP contribution in [0.1, 0.15) is 38.4 Å². The molecule has 0 aromatic carbocycles. The lowest BCUT2D eigenvalue weighted by Crippen LogP contribution is -2.37. The first-order valence-corrected chi connectivity index (χ1v) is 9.15. The van der Waals surface area contributed by atoms with Gasteiger partial charge in [-0.2, -0.15) is 0 Å². The lowest BCUT2D eigenvalue weighted by Gasteiger charge is -2.26. The molecule has 0 aliphatic heterocycles. The van der Waals surface area contributed by atoms with Crippen LogP contribution in [0.4, 0.5) is 0 Å². The lowest BCUT2D eigenvalue weighted by molar-refractivity contribution is 0.332. The molecule has 0 unspecified atom stereocenters. The van der Waals surface area contributed by atoms with Crippen LogP contribution < -0.4 is 10.0 Å². The molecule has 1 aliphatic carbocycles. The first-order valence-electron chi connectivity index (χ1n) is 6.87. The average molecular weight is 365 g/mol. The molecule has 1 saturated carbocycles. The van der Waals surface area contributed by atoms with Crippen LogP contribution in [0, 0.1) is 5.92 Å². The number of furan rings is 1. The minimum absolute atomic E-state index is 0.0331. The van der Waals surface area contributed by atoms with Gasteiger partial charge < -0.3 is 9.73 Å². The maximum Gasteiger partial charge on any atom is 0.245 e. The molecule has 1 aromatic rings. The van der Waals surface area contributed by atoms with Gasteiger partial charge in [0.05, 0.1) is 6.54 Å². The topological polar surface area (TPSA) is 71.3 Å². The van der Waals surface area contributed by atoms with Crippen molar-refractivity contribution in [1.82, 2.24) is 10.0 Å². The molecule has 0 atom stereocenters. The summed E-state index contributed by atoms with van der Waals surface area (Å²) in [6.45, 7) is 2.70. The summed E-state index contributed by atoms with van der Waals surface area (Å²) in [6, 6.07) is 1.60. The van der Waals surface area contributed by atoms with Gasteiger partial charge in [-0.05, 0) is 54.6 Å². The summed E-state index contributed by atoms with van der Waals surface area (Å²) >= 11 is 3.18. The van der Waals surface area contributed by atoms with Crippen LogP contribution in [0.2, 0.25) is 0 Å². The van der Waals surface area contributed by atoms with E-state index in [9.17, 15) is 8.42 Å². The predicted octanol–water partition coefficient (Wildman–Crippen LogP) is 2.62. The van der Waals surface area contributed by atoms with Crippen LogP contribution in [0.5, 0.6) is 0 Å². The van der Waals surface area contributed by atoms with Gasteiger partial charge in [0.25, 0.3) is 0 Å². The SMILES string of the molecule is CNCc1cc(S(=O)(=O)NC2CCC(C)CC2)c(Br)o1. The Morgan fingerprint density at radius 1 is 1.35 bits per heavy atom. The lowest BCUT2D eigenvalue weighted by atomic mass is 9.88. The number of hydrogen-bond donors (Lipinski definition) is 2. The van der Waals surface area contributed by atoms with Crippen molar-refractivity contribution in [3.63, 3.8) is 0 Å². The van der Waals surface area contributed by atoms with Crippen molar-refractivity contribution in [3.8, 4) is 0 Å².